The molecule has 3 heterocycles. The van der Waals surface area contributed by atoms with Crippen LogP contribution in [0.2, 0.25) is 0 Å². The molecule has 1 N–H and O–H groups in total. The van der Waals surface area contributed by atoms with E-state index in [-0.39, 0.29) is 17.0 Å². The number of ether oxygens (including phenoxy) is 1. The standard InChI is InChI=1S/C24H26F3N5O2/c1-13(16-4-3-5-17(20(16)25)22(26)27)28-23-18-12-32(31-8-10-34-11-9-31)24(33)19(15-6-7-15)21(18)29-14(2)30-23/h3-5,12-13,15,22H,6-11H2,1-2H3,(H,28,29,30). The van der Waals surface area contributed by atoms with Crippen molar-refractivity contribution < 1.29 is 17.9 Å². The zero-order valence-corrected chi connectivity index (χ0v) is 19.0. The Bertz CT molecular complexity index is 1290. The van der Waals surface area contributed by atoms with Crippen molar-refractivity contribution in [3.63, 3.8) is 0 Å². The van der Waals surface area contributed by atoms with E-state index in [1.165, 1.54) is 12.1 Å². The molecule has 1 atom stereocenters. The van der Waals surface area contributed by atoms with Crippen molar-refractivity contribution in [1.82, 2.24) is 14.6 Å². The smallest absolute Gasteiger partial charge is 0.274 e. The van der Waals surface area contributed by atoms with Gasteiger partial charge in [0.25, 0.3) is 12.0 Å². The second-order valence-corrected chi connectivity index (χ2v) is 8.83. The summed E-state index contributed by atoms with van der Waals surface area (Å²) in [5.74, 6) is 0.106. The lowest BCUT2D eigenvalue weighted by atomic mass is 10.0. The second-order valence-electron chi connectivity index (χ2n) is 8.83. The molecule has 2 aromatic heterocycles. The second kappa shape index (κ2) is 8.90. The third-order valence-corrected chi connectivity index (χ3v) is 6.39. The number of anilines is 1. The minimum atomic E-state index is -2.90. The molecule has 1 unspecified atom stereocenters. The normalized spacial score (nSPS) is 17.4. The number of hydrogen-bond acceptors (Lipinski definition) is 6. The quantitative estimate of drug-likeness (QED) is 0.579. The Kier molecular flexibility index (Phi) is 5.93. The first-order chi connectivity index (χ1) is 16.3. The molecule has 2 aliphatic rings. The number of fused-ring (bicyclic) bond motifs is 1. The number of aromatic nitrogens is 3. The fourth-order valence-corrected chi connectivity index (χ4v) is 4.50. The first-order valence-corrected chi connectivity index (χ1v) is 11.4. The van der Waals surface area contributed by atoms with Gasteiger partial charge >= 0.3 is 0 Å². The molecule has 1 aromatic carbocycles. The maximum absolute atomic E-state index is 14.8. The van der Waals surface area contributed by atoms with E-state index in [2.05, 4.69) is 15.3 Å². The van der Waals surface area contributed by atoms with Crippen LogP contribution in [0.5, 0.6) is 0 Å². The predicted molar refractivity (Wildman–Crippen MR) is 123 cm³/mol. The first-order valence-electron chi connectivity index (χ1n) is 11.4. The van der Waals surface area contributed by atoms with E-state index in [4.69, 9.17) is 4.74 Å². The van der Waals surface area contributed by atoms with Crippen molar-refractivity contribution in [3.8, 4) is 0 Å². The molecular formula is C24H26F3N5O2. The Morgan fingerprint density at radius 1 is 1.15 bits per heavy atom. The molecule has 3 aromatic rings. The number of hydrogen-bond donors (Lipinski definition) is 1. The van der Waals surface area contributed by atoms with Crippen LogP contribution in [0.4, 0.5) is 19.0 Å². The summed E-state index contributed by atoms with van der Waals surface area (Å²) in [7, 11) is 0. The van der Waals surface area contributed by atoms with Crippen LogP contribution < -0.4 is 15.9 Å². The lowest BCUT2D eigenvalue weighted by Crippen LogP contribution is -2.49. The molecule has 1 saturated carbocycles. The zero-order chi connectivity index (χ0) is 24.0. The molecule has 0 radical (unpaired) electrons. The average Bonchev–Trinajstić information content (AvgIpc) is 3.64. The van der Waals surface area contributed by atoms with Gasteiger partial charge in [-0.3, -0.25) is 4.79 Å². The van der Waals surface area contributed by atoms with Crippen molar-refractivity contribution in [3.05, 3.63) is 63.1 Å². The van der Waals surface area contributed by atoms with Gasteiger partial charge in [0.2, 0.25) is 0 Å². The van der Waals surface area contributed by atoms with E-state index in [0.717, 1.165) is 18.9 Å². The van der Waals surface area contributed by atoms with Gasteiger partial charge in [-0.25, -0.2) is 27.8 Å². The highest BCUT2D eigenvalue weighted by molar-refractivity contribution is 5.91. The van der Waals surface area contributed by atoms with E-state index in [0.29, 0.717) is 54.4 Å². The van der Waals surface area contributed by atoms with Crippen LogP contribution in [0.15, 0.2) is 29.2 Å². The molecule has 1 saturated heterocycles. The SMILES string of the molecule is Cc1nc(NC(C)c2cccc(C(F)F)c2F)c2cn(N3CCOCC3)c(=O)c(C3CC3)c2n1. The van der Waals surface area contributed by atoms with Crippen LogP contribution in [-0.2, 0) is 4.74 Å². The Morgan fingerprint density at radius 2 is 1.85 bits per heavy atom. The number of pyridine rings is 1. The Morgan fingerprint density at radius 3 is 2.53 bits per heavy atom. The number of rotatable bonds is 6. The fraction of sp³-hybridized carbons (Fsp3) is 0.458. The highest BCUT2D eigenvalue weighted by Gasteiger charge is 2.32. The maximum atomic E-state index is 14.8. The summed E-state index contributed by atoms with van der Waals surface area (Å²) < 4.78 is 48.3. The van der Waals surface area contributed by atoms with Crippen molar-refractivity contribution in [2.75, 3.05) is 36.6 Å². The maximum Gasteiger partial charge on any atom is 0.274 e. The molecule has 1 aliphatic heterocycles. The number of aryl methyl sites for hydroxylation is 1. The summed E-state index contributed by atoms with van der Waals surface area (Å²) in [6, 6.07) is 3.34. The number of morpholine rings is 1. The number of alkyl halides is 2. The third kappa shape index (κ3) is 4.11. The first kappa shape index (κ1) is 22.6. The Hall–Kier alpha value is -3.14. The lowest BCUT2D eigenvalue weighted by Gasteiger charge is -2.31. The van der Waals surface area contributed by atoms with Crippen molar-refractivity contribution in [2.45, 2.75) is 45.1 Å². The minimum Gasteiger partial charge on any atom is -0.378 e. The number of halogens is 3. The predicted octanol–water partition coefficient (Wildman–Crippen LogP) is 4.20. The van der Waals surface area contributed by atoms with Gasteiger partial charge in [0.05, 0.1) is 48.8 Å². The van der Waals surface area contributed by atoms with Crippen molar-refractivity contribution in [2.24, 2.45) is 0 Å². The van der Waals surface area contributed by atoms with Crippen molar-refractivity contribution in [1.29, 1.82) is 0 Å². The molecule has 0 amide bonds. The zero-order valence-electron chi connectivity index (χ0n) is 19.0. The number of nitrogens with zero attached hydrogens (tertiary/aromatic N) is 4. The van der Waals surface area contributed by atoms with Gasteiger partial charge in [0.15, 0.2) is 0 Å². The largest absolute Gasteiger partial charge is 0.378 e. The van der Waals surface area contributed by atoms with Gasteiger partial charge in [0.1, 0.15) is 17.5 Å². The number of nitrogens with one attached hydrogen (secondary N) is 1. The van der Waals surface area contributed by atoms with Gasteiger partial charge in [-0.1, -0.05) is 18.2 Å². The summed E-state index contributed by atoms with van der Waals surface area (Å²) in [5, 5.41) is 5.77. The van der Waals surface area contributed by atoms with E-state index in [9.17, 15) is 18.0 Å². The highest BCUT2D eigenvalue weighted by atomic mass is 19.3. The summed E-state index contributed by atoms with van der Waals surface area (Å²) >= 11 is 0. The van der Waals surface area contributed by atoms with E-state index in [1.807, 2.05) is 5.01 Å². The van der Waals surface area contributed by atoms with E-state index < -0.39 is 23.8 Å². The molecule has 7 nitrogen and oxygen atoms in total. The molecule has 2 fully saturated rings. The Labute approximate surface area is 194 Å². The minimum absolute atomic E-state index is 0.0929. The molecule has 5 rings (SSSR count). The lowest BCUT2D eigenvalue weighted by molar-refractivity contribution is 0.110. The van der Waals surface area contributed by atoms with Crippen LogP contribution in [0, 0.1) is 12.7 Å². The van der Waals surface area contributed by atoms with Crippen LogP contribution in [-0.4, -0.2) is 40.9 Å². The van der Waals surface area contributed by atoms with Crippen molar-refractivity contribution >= 4 is 16.7 Å². The van der Waals surface area contributed by atoms with Gasteiger partial charge < -0.3 is 15.1 Å². The number of benzene rings is 1. The molecule has 1 aliphatic carbocycles. The highest BCUT2D eigenvalue weighted by Crippen LogP contribution is 2.42. The third-order valence-electron chi connectivity index (χ3n) is 6.39. The fourth-order valence-electron chi connectivity index (χ4n) is 4.50. The molecule has 34 heavy (non-hydrogen) atoms. The summed E-state index contributed by atoms with van der Waals surface area (Å²) in [4.78, 5) is 22.6. The van der Waals surface area contributed by atoms with Crippen LogP contribution in [0.1, 0.15) is 60.7 Å². The topological polar surface area (TPSA) is 72.3 Å². The monoisotopic (exact) mass is 473 g/mol. The summed E-state index contributed by atoms with van der Waals surface area (Å²) in [6.07, 6.45) is 0.657. The van der Waals surface area contributed by atoms with Crippen LogP contribution in [0.3, 0.4) is 0 Å². The van der Waals surface area contributed by atoms with Crippen LogP contribution >= 0.6 is 0 Å². The van der Waals surface area contributed by atoms with E-state index >= 15 is 0 Å². The van der Waals surface area contributed by atoms with E-state index in [1.54, 1.807) is 24.7 Å². The van der Waals surface area contributed by atoms with Crippen LogP contribution in [0.25, 0.3) is 10.9 Å². The van der Waals surface area contributed by atoms with Gasteiger partial charge in [0, 0.05) is 17.3 Å². The summed E-state index contributed by atoms with van der Waals surface area (Å²) in [6.45, 7) is 5.62. The van der Waals surface area contributed by atoms with Gasteiger partial charge in [-0.2, -0.15) is 0 Å². The summed E-state index contributed by atoms with van der Waals surface area (Å²) in [5.41, 5.74) is 0.639. The van der Waals surface area contributed by atoms with Gasteiger partial charge in [-0.05, 0) is 32.6 Å². The molecule has 180 valence electrons. The molecule has 0 spiro atoms. The average molecular weight is 473 g/mol. The Balaban J connectivity index is 1.62. The molecular weight excluding hydrogens is 447 g/mol. The van der Waals surface area contributed by atoms with Gasteiger partial charge in [-0.15, -0.1) is 0 Å². The molecule has 0 bridgehead atoms. The molecule has 10 heteroatoms.